The lowest BCUT2D eigenvalue weighted by atomic mass is 10.4. The molecule has 0 aromatic rings. The first-order valence-corrected chi connectivity index (χ1v) is 2.83. The van der Waals surface area contributed by atoms with E-state index in [1.807, 2.05) is 20.1 Å². The highest BCUT2D eigenvalue weighted by molar-refractivity contribution is 5.64. The normalized spacial score (nSPS) is 37.8. The summed E-state index contributed by atoms with van der Waals surface area (Å²) < 4.78 is 0. The van der Waals surface area contributed by atoms with Crippen molar-refractivity contribution in [2.24, 2.45) is 4.99 Å². The molecule has 1 heterocycles. The second-order valence-corrected chi connectivity index (χ2v) is 2.05. The van der Waals surface area contributed by atoms with E-state index in [-0.39, 0.29) is 6.17 Å². The Hall–Kier alpha value is -0.410. The van der Waals surface area contributed by atoms with Crippen LogP contribution in [-0.2, 0) is 0 Å². The van der Waals surface area contributed by atoms with Gasteiger partial charge in [0, 0.05) is 6.21 Å². The predicted octanol–water partition coefficient (Wildman–Crippen LogP) is -0.100. The minimum atomic E-state index is 0.228. The van der Waals surface area contributed by atoms with E-state index in [1.54, 1.807) is 0 Å². The van der Waals surface area contributed by atoms with Gasteiger partial charge < -0.3 is 0 Å². The van der Waals surface area contributed by atoms with Crippen LogP contribution in [0.3, 0.4) is 0 Å². The van der Waals surface area contributed by atoms with Crippen LogP contribution in [0.25, 0.3) is 0 Å². The lowest BCUT2D eigenvalue weighted by Crippen LogP contribution is -2.48. The van der Waals surface area contributed by atoms with Crippen LogP contribution < -0.4 is 10.9 Å². The fourth-order valence-corrected chi connectivity index (χ4v) is 0.585. The van der Waals surface area contributed by atoms with Gasteiger partial charge in [-0.2, -0.15) is 0 Å². The molecule has 1 rings (SSSR count). The van der Waals surface area contributed by atoms with E-state index in [4.69, 9.17) is 0 Å². The average Bonchev–Trinajstić information content (AvgIpc) is 1.77. The third-order valence-corrected chi connectivity index (χ3v) is 1.05. The maximum Gasteiger partial charge on any atom is 0.109 e. The van der Waals surface area contributed by atoms with Gasteiger partial charge in [0.1, 0.15) is 6.17 Å². The Morgan fingerprint density at radius 2 is 2.12 bits per heavy atom. The predicted molar refractivity (Wildman–Crippen MR) is 33.7 cm³/mol. The second kappa shape index (κ2) is 2.24. The third-order valence-electron chi connectivity index (χ3n) is 1.05. The molecule has 0 aromatic heterocycles. The molecule has 2 N–H and O–H groups in total. The number of nitrogens with one attached hydrogen (secondary N) is 2. The summed E-state index contributed by atoms with van der Waals surface area (Å²) in [6, 6.07) is 0.367. The molecule has 0 aromatic carbocycles. The highest BCUT2D eigenvalue weighted by atomic mass is 15.4. The highest BCUT2D eigenvalue weighted by Crippen LogP contribution is 1.87. The molecule has 3 nitrogen and oxygen atoms in total. The van der Waals surface area contributed by atoms with E-state index in [9.17, 15) is 0 Å². The maximum atomic E-state index is 4.11. The summed E-state index contributed by atoms with van der Waals surface area (Å²) in [7, 11) is 0. The molecule has 0 fully saturated rings. The van der Waals surface area contributed by atoms with Crippen molar-refractivity contribution in [2.45, 2.75) is 26.1 Å². The molecule has 8 heavy (non-hydrogen) atoms. The molecular formula is C5H11N3. The SMILES string of the molecule is CC1C=NC(C)NN1. The van der Waals surface area contributed by atoms with Crippen molar-refractivity contribution in [3.05, 3.63) is 0 Å². The first-order valence-electron chi connectivity index (χ1n) is 2.83. The highest BCUT2D eigenvalue weighted by Gasteiger charge is 2.04. The van der Waals surface area contributed by atoms with Gasteiger partial charge in [0.25, 0.3) is 0 Å². The minimum absolute atomic E-state index is 0.228. The first kappa shape index (κ1) is 5.72. The van der Waals surface area contributed by atoms with E-state index < -0.39 is 0 Å². The van der Waals surface area contributed by atoms with Crippen LogP contribution in [-0.4, -0.2) is 18.4 Å². The van der Waals surface area contributed by atoms with Gasteiger partial charge >= 0.3 is 0 Å². The van der Waals surface area contributed by atoms with Crippen LogP contribution in [0, 0.1) is 0 Å². The molecule has 0 bridgehead atoms. The van der Waals surface area contributed by atoms with Crippen LogP contribution in [0.15, 0.2) is 4.99 Å². The number of hydrazine groups is 1. The smallest absolute Gasteiger partial charge is 0.109 e. The molecule has 0 spiro atoms. The summed E-state index contributed by atoms with van der Waals surface area (Å²) in [5.74, 6) is 0. The van der Waals surface area contributed by atoms with Gasteiger partial charge in [0.05, 0.1) is 6.04 Å². The zero-order valence-corrected chi connectivity index (χ0v) is 5.18. The Balaban J connectivity index is 2.42. The Kier molecular flexibility index (Phi) is 1.60. The number of hydrogen-bond donors (Lipinski definition) is 2. The van der Waals surface area contributed by atoms with Crippen molar-refractivity contribution < 1.29 is 0 Å². The molecule has 3 heteroatoms. The summed E-state index contributed by atoms with van der Waals surface area (Å²) in [6.07, 6.45) is 2.13. The van der Waals surface area contributed by atoms with Crippen LogP contribution in [0.1, 0.15) is 13.8 Å². The largest absolute Gasteiger partial charge is 0.276 e. The van der Waals surface area contributed by atoms with Crippen LogP contribution in [0.2, 0.25) is 0 Å². The van der Waals surface area contributed by atoms with Crippen LogP contribution in [0.5, 0.6) is 0 Å². The average molecular weight is 113 g/mol. The van der Waals surface area contributed by atoms with Crippen LogP contribution >= 0.6 is 0 Å². The zero-order valence-electron chi connectivity index (χ0n) is 5.18. The van der Waals surface area contributed by atoms with Gasteiger partial charge in [-0.05, 0) is 13.8 Å². The molecule has 0 amide bonds. The van der Waals surface area contributed by atoms with Gasteiger partial charge in [0.15, 0.2) is 0 Å². The van der Waals surface area contributed by atoms with E-state index in [0.717, 1.165) is 0 Å². The summed E-state index contributed by atoms with van der Waals surface area (Å²) >= 11 is 0. The van der Waals surface area contributed by atoms with E-state index in [0.29, 0.717) is 6.04 Å². The molecule has 0 radical (unpaired) electrons. The molecule has 2 atom stereocenters. The number of nitrogens with zero attached hydrogens (tertiary/aromatic N) is 1. The Labute approximate surface area is 49.2 Å². The maximum absolute atomic E-state index is 4.11. The number of hydrogen-bond acceptors (Lipinski definition) is 3. The van der Waals surface area contributed by atoms with Gasteiger partial charge in [-0.1, -0.05) is 0 Å². The summed E-state index contributed by atoms with van der Waals surface area (Å²) in [5.41, 5.74) is 6.02. The lowest BCUT2D eigenvalue weighted by molar-refractivity contribution is 0.428. The Morgan fingerprint density at radius 3 is 2.50 bits per heavy atom. The summed E-state index contributed by atoms with van der Waals surface area (Å²) in [4.78, 5) is 4.11. The van der Waals surface area contributed by atoms with E-state index >= 15 is 0 Å². The molecule has 0 saturated heterocycles. The van der Waals surface area contributed by atoms with Gasteiger partial charge in [-0.15, -0.1) is 0 Å². The number of aliphatic imine (C=N–C) groups is 1. The van der Waals surface area contributed by atoms with Crippen molar-refractivity contribution in [3.63, 3.8) is 0 Å². The molecule has 2 unspecified atom stereocenters. The topological polar surface area (TPSA) is 36.4 Å². The van der Waals surface area contributed by atoms with E-state index in [1.165, 1.54) is 0 Å². The van der Waals surface area contributed by atoms with Crippen molar-refractivity contribution in [1.29, 1.82) is 0 Å². The Morgan fingerprint density at radius 1 is 1.38 bits per heavy atom. The molecule has 1 aliphatic heterocycles. The lowest BCUT2D eigenvalue weighted by Gasteiger charge is -2.19. The molecular weight excluding hydrogens is 102 g/mol. The minimum Gasteiger partial charge on any atom is -0.276 e. The standard InChI is InChI=1S/C5H11N3/c1-4-3-6-5(2)8-7-4/h3-5,7-8H,1-2H3. The molecule has 1 aliphatic rings. The summed E-state index contributed by atoms with van der Waals surface area (Å²) in [5, 5.41) is 0. The second-order valence-electron chi connectivity index (χ2n) is 2.05. The van der Waals surface area contributed by atoms with Crippen molar-refractivity contribution in [2.75, 3.05) is 0 Å². The molecule has 0 saturated carbocycles. The first-order chi connectivity index (χ1) is 3.79. The van der Waals surface area contributed by atoms with Crippen molar-refractivity contribution in [3.8, 4) is 0 Å². The zero-order chi connectivity index (χ0) is 5.98. The van der Waals surface area contributed by atoms with Gasteiger partial charge in [0.2, 0.25) is 0 Å². The monoisotopic (exact) mass is 113 g/mol. The van der Waals surface area contributed by atoms with Crippen molar-refractivity contribution in [1.82, 2.24) is 10.9 Å². The van der Waals surface area contributed by atoms with Crippen molar-refractivity contribution >= 4 is 6.21 Å². The Bertz CT molecular complexity index is 87.8. The van der Waals surface area contributed by atoms with E-state index in [2.05, 4.69) is 15.8 Å². The third kappa shape index (κ3) is 1.28. The van der Waals surface area contributed by atoms with Gasteiger partial charge in [-0.3, -0.25) is 4.99 Å². The van der Waals surface area contributed by atoms with Gasteiger partial charge in [-0.25, -0.2) is 10.9 Å². The number of rotatable bonds is 0. The molecule has 0 aliphatic carbocycles. The fraction of sp³-hybridized carbons (Fsp3) is 0.800. The quantitative estimate of drug-likeness (QED) is 0.460. The summed E-state index contributed by atoms with van der Waals surface area (Å²) in [6.45, 7) is 4.04. The van der Waals surface area contributed by atoms with Crippen LogP contribution in [0.4, 0.5) is 0 Å². The molecule has 46 valence electrons. The fourth-order valence-electron chi connectivity index (χ4n) is 0.585.